The molecule has 0 radical (unpaired) electrons. The van der Waals surface area contributed by atoms with Crippen LogP contribution in [0.5, 0.6) is 0 Å². The molecule has 0 aromatic carbocycles. The van der Waals surface area contributed by atoms with Gasteiger partial charge in [0.2, 0.25) is 0 Å². The monoisotopic (exact) mass is 317 g/mol. The summed E-state index contributed by atoms with van der Waals surface area (Å²) in [5.74, 6) is -0.0963. The lowest BCUT2D eigenvalue weighted by Crippen LogP contribution is -2.48. The molecular weight excluding hydrogens is 290 g/mol. The van der Waals surface area contributed by atoms with E-state index >= 15 is 0 Å². The quantitative estimate of drug-likeness (QED) is 0.905. The number of aryl methyl sites for hydroxylation is 1. The first-order valence-electron chi connectivity index (χ1n) is 8.77. The second-order valence-corrected chi connectivity index (χ2v) is 6.98. The first-order valence-corrected chi connectivity index (χ1v) is 8.77. The normalized spacial score (nSPS) is 20.7. The van der Waals surface area contributed by atoms with E-state index in [1.807, 2.05) is 24.8 Å². The molecule has 0 bridgehead atoms. The lowest BCUT2D eigenvalue weighted by atomic mass is 9.71. The summed E-state index contributed by atoms with van der Waals surface area (Å²) in [5.41, 5.74) is 1.48. The third-order valence-corrected chi connectivity index (χ3v) is 5.71. The number of nitrogens with one attached hydrogen (secondary N) is 1. The van der Waals surface area contributed by atoms with Crippen LogP contribution in [0.2, 0.25) is 0 Å². The molecule has 1 aromatic rings. The SMILES string of the molecule is CCn1c(C)ccc(C(=O)N2CCC3(CCNCC3)CC2)c1=O. The molecule has 5 nitrogen and oxygen atoms in total. The van der Waals surface area contributed by atoms with Gasteiger partial charge in [0.15, 0.2) is 0 Å². The smallest absolute Gasteiger partial charge is 0.263 e. The molecule has 2 aliphatic rings. The summed E-state index contributed by atoms with van der Waals surface area (Å²) in [6, 6.07) is 3.57. The molecule has 1 spiro atoms. The number of carbonyl (C=O) groups is 1. The van der Waals surface area contributed by atoms with Crippen LogP contribution in [0.4, 0.5) is 0 Å². The first kappa shape index (κ1) is 16.2. The molecule has 126 valence electrons. The Hall–Kier alpha value is -1.62. The number of rotatable bonds is 2. The Morgan fingerprint density at radius 1 is 1.17 bits per heavy atom. The van der Waals surface area contributed by atoms with Crippen molar-refractivity contribution < 1.29 is 4.79 Å². The zero-order valence-corrected chi connectivity index (χ0v) is 14.2. The average Bonchev–Trinajstić information content (AvgIpc) is 2.56. The van der Waals surface area contributed by atoms with Crippen molar-refractivity contribution in [2.45, 2.75) is 46.1 Å². The summed E-state index contributed by atoms with van der Waals surface area (Å²) in [5, 5.41) is 3.42. The lowest BCUT2D eigenvalue weighted by Gasteiger charge is -2.44. The summed E-state index contributed by atoms with van der Waals surface area (Å²) in [7, 11) is 0. The number of carbonyl (C=O) groups excluding carboxylic acids is 1. The number of hydrogen-bond acceptors (Lipinski definition) is 3. The zero-order valence-electron chi connectivity index (χ0n) is 14.2. The summed E-state index contributed by atoms with van der Waals surface area (Å²) >= 11 is 0. The minimum Gasteiger partial charge on any atom is -0.338 e. The van der Waals surface area contributed by atoms with E-state index in [1.165, 1.54) is 12.8 Å². The van der Waals surface area contributed by atoms with Crippen LogP contribution in [-0.4, -0.2) is 41.6 Å². The summed E-state index contributed by atoms with van der Waals surface area (Å²) in [6.45, 7) is 8.17. The van der Waals surface area contributed by atoms with Crippen LogP contribution in [0.1, 0.15) is 48.7 Å². The molecule has 1 aromatic heterocycles. The molecule has 0 unspecified atom stereocenters. The topological polar surface area (TPSA) is 54.3 Å². The van der Waals surface area contributed by atoms with Crippen molar-refractivity contribution in [3.63, 3.8) is 0 Å². The van der Waals surface area contributed by atoms with Gasteiger partial charge in [0.25, 0.3) is 11.5 Å². The van der Waals surface area contributed by atoms with Crippen molar-refractivity contribution >= 4 is 5.91 Å². The number of amides is 1. The van der Waals surface area contributed by atoms with Crippen LogP contribution >= 0.6 is 0 Å². The van der Waals surface area contributed by atoms with E-state index in [9.17, 15) is 9.59 Å². The van der Waals surface area contributed by atoms with Gasteiger partial charge >= 0.3 is 0 Å². The molecule has 0 aliphatic carbocycles. The van der Waals surface area contributed by atoms with E-state index in [0.29, 0.717) is 17.5 Å². The summed E-state index contributed by atoms with van der Waals surface area (Å²) in [4.78, 5) is 27.2. The fourth-order valence-electron chi connectivity index (χ4n) is 4.04. The summed E-state index contributed by atoms with van der Waals surface area (Å²) in [6.07, 6.45) is 4.55. The molecule has 3 rings (SSSR count). The fraction of sp³-hybridized carbons (Fsp3) is 0.667. The minimum absolute atomic E-state index is 0.0963. The van der Waals surface area contributed by atoms with Crippen molar-refractivity contribution in [2.75, 3.05) is 26.2 Å². The Balaban J connectivity index is 1.74. The Morgan fingerprint density at radius 3 is 2.43 bits per heavy atom. The molecule has 2 aliphatic heterocycles. The molecule has 0 atom stereocenters. The number of piperidine rings is 2. The van der Waals surface area contributed by atoms with Gasteiger partial charge in [-0.05, 0) is 70.2 Å². The molecule has 3 heterocycles. The van der Waals surface area contributed by atoms with Crippen molar-refractivity contribution in [2.24, 2.45) is 5.41 Å². The highest BCUT2D eigenvalue weighted by Crippen LogP contribution is 2.39. The first-order chi connectivity index (χ1) is 11.1. The third kappa shape index (κ3) is 3.07. The van der Waals surface area contributed by atoms with E-state index in [1.54, 1.807) is 10.6 Å². The molecule has 23 heavy (non-hydrogen) atoms. The van der Waals surface area contributed by atoms with Gasteiger partial charge in [-0.15, -0.1) is 0 Å². The van der Waals surface area contributed by atoms with Crippen molar-refractivity contribution in [3.8, 4) is 0 Å². The van der Waals surface area contributed by atoms with E-state index in [4.69, 9.17) is 0 Å². The largest absolute Gasteiger partial charge is 0.338 e. The maximum atomic E-state index is 12.8. The number of pyridine rings is 1. The van der Waals surface area contributed by atoms with Crippen LogP contribution < -0.4 is 10.9 Å². The second-order valence-electron chi connectivity index (χ2n) is 6.98. The van der Waals surface area contributed by atoms with Gasteiger partial charge in [-0.1, -0.05) is 0 Å². The summed E-state index contributed by atoms with van der Waals surface area (Å²) < 4.78 is 1.67. The van der Waals surface area contributed by atoms with Crippen molar-refractivity contribution in [3.05, 3.63) is 33.7 Å². The van der Waals surface area contributed by atoms with E-state index in [2.05, 4.69) is 5.32 Å². The number of nitrogens with zero attached hydrogens (tertiary/aromatic N) is 2. The molecule has 5 heteroatoms. The van der Waals surface area contributed by atoms with E-state index in [0.717, 1.165) is 44.7 Å². The molecule has 1 N–H and O–H groups in total. The van der Waals surface area contributed by atoms with Gasteiger partial charge < -0.3 is 14.8 Å². The fourth-order valence-corrected chi connectivity index (χ4v) is 4.04. The zero-order chi connectivity index (χ0) is 16.4. The van der Waals surface area contributed by atoms with Crippen LogP contribution in [0.3, 0.4) is 0 Å². The Bertz CT molecular complexity index is 634. The predicted molar refractivity (Wildman–Crippen MR) is 90.8 cm³/mol. The Morgan fingerprint density at radius 2 is 1.83 bits per heavy atom. The van der Waals surface area contributed by atoms with Crippen LogP contribution in [-0.2, 0) is 6.54 Å². The lowest BCUT2D eigenvalue weighted by molar-refractivity contribution is 0.0493. The minimum atomic E-state index is -0.153. The Labute approximate surface area is 137 Å². The Kier molecular flexibility index (Phi) is 4.57. The number of aromatic nitrogens is 1. The van der Waals surface area contributed by atoms with Crippen molar-refractivity contribution in [1.82, 2.24) is 14.8 Å². The highest BCUT2D eigenvalue weighted by Gasteiger charge is 2.37. The standard InChI is InChI=1S/C18H27N3O2/c1-3-21-14(2)4-5-15(17(21)23)16(22)20-12-8-18(9-13-20)6-10-19-11-7-18/h4-5,19H,3,6-13H2,1-2H3. The average molecular weight is 317 g/mol. The van der Waals surface area contributed by atoms with E-state index in [-0.39, 0.29) is 11.5 Å². The highest BCUT2D eigenvalue weighted by atomic mass is 16.2. The number of hydrogen-bond donors (Lipinski definition) is 1. The van der Waals surface area contributed by atoms with Crippen LogP contribution in [0.25, 0.3) is 0 Å². The van der Waals surface area contributed by atoms with Crippen LogP contribution in [0.15, 0.2) is 16.9 Å². The van der Waals surface area contributed by atoms with Crippen LogP contribution in [0, 0.1) is 12.3 Å². The van der Waals surface area contributed by atoms with Gasteiger partial charge in [-0.3, -0.25) is 9.59 Å². The second kappa shape index (κ2) is 6.48. The molecular formula is C18H27N3O2. The molecule has 2 saturated heterocycles. The van der Waals surface area contributed by atoms with Gasteiger partial charge in [0.05, 0.1) is 0 Å². The van der Waals surface area contributed by atoms with Gasteiger partial charge in [-0.2, -0.15) is 0 Å². The number of likely N-dealkylation sites (tertiary alicyclic amines) is 1. The van der Waals surface area contributed by atoms with E-state index < -0.39 is 0 Å². The van der Waals surface area contributed by atoms with Gasteiger partial charge in [0, 0.05) is 25.3 Å². The van der Waals surface area contributed by atoms with Gasteiger partial charge in [0.1, 0.15) is 5.56 Å². The van der Waals surface area contributed by atoms with Crippen molar-refractivity contribution in [1.29, 1.82) is 0 Å². The molecule has 1 amide bonds. The maximum absolute atomic E-state index is 12.8. The predicted octanol–water partition coefficient (Wildman–Crippen LogP) is 1.78. The highest BCUT2D eigenvalue weighted by molar-refractivity contribution is 5.94. The molecule has 0 saturated carbocycles. The molecule has 2 fully saturated rings. The van der Waals surface area contributed by atoms with Gasteiger partial charge in [-0.25, -0.2) is 0 Å². The third-order valence-electron chi connectivity index (χ3n) is 5.71. The maximum Gasteiger partial charge on any atom is 0.263 e.